The number of fused-ring (bicyclic) bond motifs is 1. The zero-order valence-electron chi connectivity index (χ0n) is 16.7. The van der Waals surface area contributed by atoms with Crippen molar-refractivity contribution in [3.05, 3.63) is 64.6 Å². The number of benzene rings is 2. The van der Waals surface area contributed by atoms with Crippen molar-refractivity contribution in [2.24, 2.45) is 0 Å². The number of aryl methyl sites for hydroxylation is 1. The highest BCUT2D eigenvalue weighted by atomic mass is 16.5. The highest BCUT2D eigenvalue weighted by Gasteiger charge is 2.40. The average molecular weight is 410 g/mol. The number of carbonyl (C=O) groups is 2. The lowest BCUT2D eigenvalue weighted by Gasteiger charge is -2.19. The van der Waals surface area contributed by atoms with Crippen LogP contribution in [0.4, 0.5) is 0 Å². The number of para-hydroxylation sites is 2. The zero-order chi connectivity index (χ0) is 21.3. The molecule has 0 unspecified atom stereocenters. The SMILES string of the molecule is COc1ccc([C@@H]2C[C@H](OC(=O)CCn3c(=O)oc4ccccc43)C(=O)N2C)cc1. The number of nitrogens with zero attached hydrogens (tertiary/aromatic N) is 2. The molecular formula is C22H22N2O6. The Morgan fingerprint density at radius 1 is 1.13 bits per heavy atom. The number of rotatable bonds is 6. The van der Waals surface area contributed by atoms with Crippen LogP contribution in [0.1, 0.15) is 24.4 Å². The van der Waals surface area contributed by atoms with Crippen LogP contribution in [-0.4, -0.2) is 41.6 Å². The van der Waals surface area contributed by atoms with E-state index in [0.29, 0.717) is 17.5 Å². The molecule has 0 aliphatic carbocycles. The third kappa shape index (κ3) is 3.68. The second kappa shape index (κ2) is 8.06. The van der Waals surface area contributed by atoms with E-state index in [4.69, 9.17) is 13.9 Å². The summed E-state index contributed by atoms with van der Waals surface area (Å²) in [6.45, 7) is 0.118. The Bertz CT molecular complexity index is 1130. The lowest BCUT2D eigenvalue weighted by molar-refractivity contribution is -0.156. The summed E-state index contributed by atoms with van der Waals surface area (Å²) >= 11 is 0. The number of hydrogen-bond donors (Lipinski definition) is 0. The van der Waals surface area contributed by atoms with Crippen molar-refractivity contribution in [2.45, 2.75) is 31.5 Å². The Hall–Kier alpha value is -3.55. The van der Waals surface area contributed by atoms with Gasteiger partial charge in [-0.15, -0.1) is 0 Å². The normalized spacial score (nSPS) is 18.7. The first-order valence-electron chi connectivity index (χ1n) is 9.66. The zero-order valence-corrected chi connectivity index (χ0v) is 16.7. The fraction of sp³-hybridized carbons (Fsp3) is 0.318. The van der Waals surface area contributed by atoms with Gasteiger partial charge in [-0.25, -0.2) is 4.79 Å². The van der Waals surface area contributed by atoms with E-state index in [1.807, 2.05) is 24.3 Å². The summed E-state index contributed by atoms with van der Waals surface area (Å²) in [4.78, 5) is 38.5. The molecule has 2 heterocycles. The van der Waals surface area contributed by atoms with Crippen molar-refractivity contribution < 1.29 is 23.5 Å². The van der Waals surface area contributed by atoms with Gasteiger partial charge in [0.2, 0.25) is 0 Å². The predicted octanol–water partition coefficient (Wildman–Crippen LogP) is 2.51. The van der Waals surface area contributed by atoms with E-state index in [2.05, 4.69) is 0 Å². The van der Waals surface area contributed by atoms with E-state index < -0.39 is 17.8 Å². The van der Waals surface area contributed by atoms with E-state index >= 15 is 0 Å². The van der Waals surface area contributed by atoms with Crippen LogP contribution in [0.3, 0.4) is 0 Å². The molecule has 4 rings (SSSR count). The summed E-state index contributed by atoms with van der Waals surface area (Å²) in [5, 5.41) is 0. The monoisotopic (exact) mass is 410 g/mol. The van der Waals surface area contributed by atoms with Crippen LogP contribution in [0.2, 0.25) is 0 Å². The minimum atomic E-state index is -0.840. The molecule has 1 fully saturated rings. The van der Waals surface area contributed by atoms with Crippen molar-refractivity contribution in [2.75, 3.05) is 14.2 Å². The standard InChI is InChI=1S/C22H22N2O6/c1-23-17(14-7-9-15(28-2)10-8-14)13-19(21(23)26)29-20(25)11-12-24-16-5-3-4-6-18(16)30-22(24)27/h3-10,17,19H,11-13H2,1-2H3/t17-,19-/m0/s1. The fourth-order valence-electron chi connectivity index (χ4n) is 3.77. The van der Waals surface area contributed by atoms with Gasteiger partial charge in [0.05, 0.1) is 25.1 Å². The highest BCUT2D eigenvalue weighted by molar-refractivity contribution is 5.86. The number of esters is 1. The molecule has 0 saturated carbocycles. The van der Waals surface area contributed by atoms with Gasteiger partial charge in [0.25, 0.3) is 5.91 Å². The van der Waals surface area contributed by atoms with Gasteiger partial charge < -0.3 is 18.8 Å². The van der Waals surface area contributed by atoms with Crippen molar-refractivity contribution >= 4 is 23.0 Å². The summed E-state index contributed by atoms with van der Waals surface area (Å²) in [5.41, 5.74) is 2.03. The quantitative estimate of drug-likeness (QED) is 0.580. The van der Waals surface area contributed by atoms with E-state index in [1.165, 1.54) is 4.57 Å². The topological polar surface area (TPSA) is 91.0 Å². The van der Waals surface area contributed by atoms with Crippen molar-refractivity contribution in [3.63, 3.8) is 0 Å². The Morgan fingerprint density at radius 3 is 2.60 bits per heavy atom. The molecular weight excluding hydrogens is 388 g/mol. The molecule has 8 heteroatoms. The molecule has 0 N–H and O–H groups in total. The molecule has 1 aliphatic heterocycles. The van der Waals surface area contributed by atoms with Crippen molar-refractivity contribution in [3.8, 4) is 5.75 Å². The number of hydrogen-bond acceptors (Lipinski definition) is 6. The average Bonchev–Trinajstić information content (AvgIpc) is 3.22. The maximum atomic E-state index is 12.6. The Labute approximate surface area is 172 Å². The molecule has 1 aromatic heterocycles. The molecule has 3 aromatic rings. The number of aromatic nitrogens is 1. The molecule has 0 spiro atoms. The molecule has 30 heavy (non-hydrogen) atoms. The first-order valence-corrected chi connectivity index (χ1v) is 9.66. The van der Waals surface area contributed by atoms with Crippen LogP contribution in [0.5, 0.6) is 5.75 Å². The molecule has 2 aromatic carbocycles. The number of oxazole rings is 1. The third-order valence-corrected chi connectivity index (χ3v) is 5.42. The number of likely N-dealkylation sites (N-methyl/N-ethyl adjacent to an activating group) is 1. The van der Waals surface area contributed by atoms with Crippen LogP contribution in [-0.2, 0) is 20.9 Å². The third-order valence-electron chi connectivity index (χ3n) is 5.42. The number of carbonyl (C=O) groups excluding carboxylic acids is 2. The molecule has 8 nitrogen and oxygen atoms in total. The van der Waals surface area contributed by atoms with Crippen molar-refractivity contribution in [1.82, 2.24) is 9.47 Å². The highest BCUT2D eigenvalue weighted by Crippen LogP contribution is 2.34. The van der Waals surface area contributed by atoms with Gasteiger partial charge in [-0.1, -0.05) is 24.3 Å². The minimum absolute atomic E-state index is 0.0376. The second-order valence-electron chi connectivity index (χ2n) is 7.19. The lowest BCUT2D eigenvalue weighted by Crippen LogP contribution is -2.30. The predicted molar refractivity (Wildman–Crippen MR) is 108 cm³/mol. The fourth-order valence-corrected chi connectivity index (χ4v) is 3.77. The maximum Gasteiger partial charge on any atom is 0.419 e. The Morgan fingerprint density at radius 2 is 1.87 bits per heavy atom. The van der Waals surface area contributed by atoms with Gasteiger partial charge in [0.1, 0.15) is 5.75 Å². The molecule has 2 atom stereocenters. The van der Waals surface area contributed by atoms with Gasteiger partial charge >= 0.3 is 11.7 Å². The summed E-state index contributed by atoms with van der Waals surface area (Å²) < 4.78 is 17.2. The molecule has 0 bridgehead atoms. The summed E-state index contributed by atoms with van der Waals surface area (Å²) in [7, 11) is 3.29. The smallest absolute Gasteiger partial charge is 0.419 e. The van der Waals surface area contributed by atoms with E-state index in [-0.39, 0.29) is 24.9 Å². The first-order chi connectivity index (χ1) is 14.5. The van der Waals surface area contributed by atoms with E-state index in [1.54, 1.807) is 43.3 Å². The van der Waals surface area contributed by atoms with Crippen LogP contribution < -0.4 is 10.5 Å². The van der Waals surface area contributed by atoms with Crippen LogP contribution in [0.15, 0.2) is 57.7 Å². The Balaban J connectivity index is 1.39. The molecule has 0 radical (unpaired) electrons. The molecule has 1 saturated heterocycles. The first kappa shape index (κ1) is 19.8. The number of methoxy groups -OCH3 is 1. The van der Waals surface area contributed by atoms with Gasteiger partial charge in [-0.05, 0) is 29.8 Å². The maximum absolute atomic E-state index is 12.6. The number of ether oxygens (including phenoxy) is 2. The minimum Gasteiger partial charge on any atom is -0.497 e. The molecule has 1 aliphatic rings. The largest absolute Gasteiger partial charge is 0.497 e. The van der Waals surface area contributed by atoms with Gasteiger partial charge in [-0.2, -0.15) is 0 Å². The van der Waals surface area contributed by atoms with Gasteiger partial charge in [0.15, 0.2) is 11.7 Å². The summed E-state index contributed by atoms with van der Waals surface area (Å²) in [6, 6.07) is 14.3. The van der Waals surface area contributed by atoms with E-state index in [9.17, 15) is 14.4 Å². The lowest BCUT2D eigenvalue weighted by atomic mass is 10.0. The molecule has 1 amide bonds. The second-order valence-corrected chi connectivity index (χ2v) is 7.19. The van der Waals surface area contributed by atoms with Crippen molar-refractivity contribution in [1.29, 1.82) is 0 Å². The molecule has 156 valence electrons. The van der Waals surface area contributed by atoms with Crippen LogP contribution in [0, 0.1) is 0 Å². The Kier molecular flexibility index (Phi) is 5.31. The summed E-state index contributed by atoms with van der Waals surface area (Å²) in [5.74, 6) is -0.569. The van der Waals surface area contributed by atoms with Crippen LogP contribution in [0.25, 0.3) is 11.1 Å². The number of amides is 1. The summed E-state index contributed by atoms with van der Waals surface area (Å²) in [6.07, 6.45) is -0.501. The number of likely N-dealkylation sites (tertiary alicyclic amines) is 1. The van der Waals surface area contributed by atoms with Gasteiger partial charge in [-0.3, -0.25) is 14.2 Å². The van der Waals surface area contributed by atoms with Crippen LogP contribution >= 0.6 is 0 Å². The van der Waals surface area contributed by atoms with Gasteiger partial charge in [0, 0.05) is 20.0 Å². The van der Waals surface area contributed by atoms with E-state index in [0.717, 1.165) is 11.3 Å².